The van der Waals surface area contributed by atoms with Gasteiger partial charge in [-0.25, -0.2) is 0 Å². The van der Waals surface area contributed by atoms with Crippen molar-refractivity contribution in [2.45, 2.75) is 25.9 Å². The first kappa shape index (κ1) is 13.5. The lowest BCUT2D eigenvalue weighted by Gasteiger charge is -2.18. The van der Waals surface area contributed by atoms with E-state index in [-0.39, 0.29) is 23.3 Å². The lowest BCUT2D eigenvalue weighted by Crippen LogP contribution is -2.24. The number of amides is 1. The molecule has 1 N–H and O–H groups in total. The van der Waals surface area contributed by atoms with Gasteiger partial charge in [0.05, 0.1) is 5.69 Å². The van der Waals surface area contributed by atoms with Crippen molar-refractivity contribution in [3.8, 4) is 5.75 Å². The molecular formula is C14H15F2NO2. The van der Waals surface area contributed by atoms with Crippen LogP contribution >= 0.6 is 0 Å². The van der Waals surface area contributed by atoms with Crippen molar-refractivity contribution in [3.05, 3.63) is 36.4 Å². The average Bonchev–Trinajstić information content (AvgIpc) is 2.41. The maximum Gasteiger partial charge on any atom is 0.387 e. The molecule has 1 amide bonds. The lowest BCUT2D eigenvalue weighted by molar-refractivity contribution is -0.120. The summed E-state index contributed by atoms with van der Waals surface area (Å²) in [6.07, 6.45) is 6.34. The van der Waals surface area contributed by atoms with Gasteiger partial charge in [0.15, 0.2) is 0 Å². The Morgan fingerprint density at radius 3 is 2.79 bits per heavy atom. The van der Waals surface area contributed by atoms with E-state index in [0.29, 0.717) is 6.42 Å². The first-order valence-electron chi connectivity index (χ1n) is 6.16. The summed E-state index contributed by atoms with van der Waals surface area (Å²) in [5.74, 6) is -0.281. The van der Waals surface area contributed by atoms with Crippen molar-refractivity contribution in [3.63, 3.8) is 0 Å². The quantitative estimate of drug-likeness (QED) is 0.847. The summed E-state index contributed by atoms with van der Waals surface area (Å²) in [4.78, 5) is 12.0. The van der Waals surface area contributed by atoms with Gasteiger partial charge in [-0.05, 0) is 31.4 Å². The highest BCUT2D eigenvalue weighted by molar-refractivity contribution is 5.94. The van der Waals surface area contributed by atoms with Gasteiger partial charge >= 0.3 is 6.61 Å². The van der Waals surface area contributed by atoms with Crippen molar-refractivity contribution in [1.82, 2.24) is 0 Å². The van der Waals surface area contributed by atoms with Crippen LogP contribution < -0.4 is 10.1 Å². The largest absolute Gasteiger partial charge is 0.433 e. The molecule has 1 atom stereocenters. The van der Waals surface area contributed by atoms with E-state index in [9.17, 15) is 13.6 Å². The predicted octanol–water partition coefficient (Wildman–Crippen LogP) is 3.58. The molecule has 1 aromatic rings. The Kier molecular flexibility index (Phi) is 4.49. The lowest BCUT2D eigenvalue weighted by atomic mass is 9.93. The highest BCUT2D eigenvalue weighted by atomic mass is 19.3. The van der Waals surface area contributed by atoms with E-state index in [1.165, 1.54) is 6.07 Å². The summed E-state index contributed by atoms with van der Waals surface area (Å²) in [6.45, 7) is -2.91. The van der Waals surface area contributed by atoms with Crippen molar-refractivity contribution < 1.29 is 18.3 Å². The van der Waals surface area contributed by atoms with Crippen LogP contribution in [0.5, 0.6) is 5.75 Å². The second-order valence-electron chi connectivity index (χ2n) is 4.35. The number of hydrogen-bond acceptors (Lipinski definition) is 2. The zero-order valence-corrected chi connectivity index (χ0v) is 10.3. The first-order chi connectivity index (χ1) is 9.16. The Hall–Kier alpha value is -1.91. The summed E-state index contributed by atoms with van der Waals surface area (Å²) >= 11 is 0. The third kappa shape index (κ3) is 3.77. The van der Waals surface area contributed by atoms with Crippen LogP contribution in [0.25, 0.3) is 0 Å². The second-order valence-corrected chi connectivity index (χ2v) is 4.35. The van der Waals surface area contributed by atoms with E-state index in [2.05, 4.69) is 10.1 Å². The van der Waals surface area contributed by atoms with Crippen LogP contribution in [0.3, 0.4) is 0 Å². The summed E-state index contributed by atoms with van der Waals surface area (Å²) in [5.41, 5.74) is 0.280. The Balaban J connectivity index is 2.05. The molecule has 0 radical (unpaired) electrons. The van der Waals surface area contributed by atoms with Gasteiger partial charge in [-0.15, -0.1) is 0 Å². The van der Waals surface area contributed by atoms with E-state index in [1.807, 2.05) is 12.2 Å². The third-order valence-electron chi connectivity index (χ3n) is 3.00. The highest BCUT2D eigenvalue weighted by Gasteiger charge is 2.20. The molecule has 0 saturated carbocycles. The van der Waals surface area contributed by atoms with Gasteiger partial charge in [0.1, 0.15) is 5.75 Å². The minimum Gasteiger partial charge on any atom is -0.433 e. The fourth-order valence-corrected chi connectivity index (χ4v) is 2.04. The molecule has 5 heteroatoms. The number of benzene rings is 1. The molecule has 1 aliphatic rings. The fraction of sp³-hybridized carbons (Fsp3) is 0.357. The number of anilines is 1. The van der Waals surface area contributed by atoms with E-state index in [1.54, 1.807) is 18.2 Å². The highest BCUT2D eigenvalue weighted by Crippen LogP contribution is 2.27. The van der Waals surface area contributed by atoms with Gasteiger partial charge in [-0.2, -0.15) is 8.78 Å². The van der Waals surface area contributed by atoms with Crippen LogP contribution in [0.4, 0.5) is 14.5 Å². The van der Waals surface area contributed by atoms with E-state index >= 15 is 0 Å². The smallest absolute Gasteiger partial charge is 0.387 e. The standard InChI is InChI=1S/C14H15F2NO2/c15-14(16)19-12-9-5-4-8-11(12)17-13(18)10-6-2-1-3-7-10/h1-2,4-5,8-10,14H,3,6-7H2,(H,17,18)/t10-/m1/s1. The summed E-state index contributed by atoms with van der Waals surface area (Å²) < 4.78 is 28.9. The van der Waals surface area contributed by atoms with Crippen LogP contribution in [-0.4, -0.2) is 12.5 Å². The Bertz CT molecular complexity index is 474. The number of ether oxygens (including phenoxy) is 1. The summed E-state index contributed by atoms with van der Waals surface area (Å²) in [6, 6.07) is 6.20. The van der Waals surface area contributed by atoms with Crippen molar-refractivity contribution in [2.75, 3.05) is 5.32 Å². The van der Waals surface area contributed by atoms with Crippen LogP contribution in [0.1, 0.15) is 19.3 Å². The Morgan fingerprint density at radius 2 is 2.11 bits per heavy atom. The number of nitrogens with one attached hydrogen (secondary N) is 1. The summed E-state index contributed by atoms with van der Waals surface area (Å²) in [5, 5.41) is 2.65. The normalized spacial score (nSPS) is 18.4. The number of hydrogen-bond donors (Lipinski definition) is 1. The minimum absolute atomic E-state index is 0.0165. The number of rotatable bonds is 4. The molecule has 0 heterocycles. The molecular weight excluding hydrogens is 252 g/mol. The topological polar surface area (TPSA) is 38.3 Å². The van der Waals surface area contributed by atoms with Gasteiger partial charge in [0.2, 0.25) is 5.91 Å². The second kappa shape index (κ2) is 6.31. The van der Waals surface area contributed by atoms with Gasteiger partial charge in [0.25, 0.3) is 0 Å². The van der Waals surface area contributed by atoms with Crippen molar-refractivity contribution in [1.29, 1.82) is 0 Å². The van der Waals surface area contributed by atoms with Gasteiger partial charge in [-0.3, -0.25) is 4.79 Å². The molecule has 1 aromatic carbocycles. The molecule has 0 bridgehead atoms. The molecule has 2 rings (SSSR count). The molecule has 3 nitrogen and oxygen atoms in total. The molecule has 102 valence electrons. The van der Waals surface area contributed by atoms with Crippen LogP contribution in [0, 0.1) is 5.92 Å². The van der Waals surface area contributed by atoms with Gasteiger partial charge in [-0.1, -0.05) is 24.3 Å². The minimum atomic E-state index is -2.91. The average molecular weight is 267 g/mol. The predicted molar refractivity (Wildman–Crippen MR) is 68.2 cm³/mol. The maximum absolute atomic E-state index is 12.2. The first-order valence-corrected chi connectivity index (χ1v) is 6.16. The molecule has 0 fully saturated rings. The number of alkyl halides is 2. The maximum atomic E-state index is 12.2. The Labute approximate surface area is 110 Å². The Morgan fingerprint density at radius 1 is 1.32 bits per heavy atom. The van der Waals surface area contributed by atoms with Gasteiger partial charge < -0.3 is 10.1 Å². The molecule has 0 aliphatic heterocycles. The number of halogens is 2. The zero-order valence-electron chi connectivity index (χ0n) is 10.3. The third-order valence-corrected chi connectivity index (χ3v) is 3.00. The van der Waals surface area contributed by atoms with Crippen molar-refractivity contribution >= 4 is 11.6 Å². The van der Waals surface area contributed by atoms with Crippen LogP contribution in [-0.2, 0) is 4.79 Å². The molecule has 0 saturated heterocycles. The monoisotopic (exact) mass is 267 g/mol. The molecule has 0 unspecified atom stereocenters. The molecule has 19 heavy (non-hydrogen) atoms. The number of carbonyl (C=O) groups is 1. The number of para-hydroxylation sites is 2. The number of allylic oxidation sites excluding steroid dienone is 2. The molecule has 0 spiro atoms. The van der Waals surface area contributed by atoms with E-state index in [4.69, 9.17) is 0 Å². The van der Waals surface area contributed by atoms with Crippen LogP contribution in [0.15, 0.2) is 36.4 Å². The SMILES string of the molecule is O=C(Nc1ccccc1OC(F)F)[C@@H]1CC=CCC1. The van der Waals surface area contributed by atoms with E-state index in [0.717, 1.165) is 12.8 Å². The number of carbonyl (C=O) groups excluding carboxylic acids is 1. The van der Waals surface area contributed by atoms with Crippen molar-refractivity contribution in [2.24, 2.45) is 5.92 Å². The summed E-state index contributed by atoms with van der Waals surface area (Å²) in [7, 11) is 0. The van der Waals surface area contributed by atoms with Gasteiger partial charge in [0, 0.05) is 5.92 Å². The van der Waals surface area contributed by atoms with E-state index < -0.39 is 6.61 Å². The zero-order chi connectivity index (χ0) is 13.7. The fourth-order valence-electron chi connectivity index (χ4n) is 2.04. The molecule has 1 aliphatic carbocycles. The molecule has 0 aromatic heterocycles. The van der Waals surface area contributed by atoms with Crippen LogP contribution in [0.2, 0.25) is 0 Å².